The summed E-state index contributed by atoms with van der Waals surface area (Å²) in [5, 5.41) is 0. The normalized spacial score (nSPS) is 11.2. The molecule has 3 rings (SSSR count). The van der Waals surface area contributed by atoms with E-state index in [0.717, 1.165) is 17.0 Å². The fraction of sp³-hybridized carbons (Fsp3) is 0.150. The van der Waals surface area contributed by atoms with Gasteiger partial charge in [-0.1, -0.05) is 36.4 Å². The van der Waals surface area contributed by atoms with Gasteiger partial charge in [0.1, 0.15) is 0 Å². The van der Waals surface area contributed by atoms with Gasteiger partial charge in [-0.3, -0.25) is 14.8 Å². The molecule has 2 heterocycles. The van der Waals surface area contributed by atoms with Gasteiger partial charge in [0.2, 0.25) is 6.29 Å². The SMILES string of the molecule is NC(Cc1ccccn1)(Cc1ccccn1)c1ccc([C]=O)cc1. The number of hydrogen-bond donors (Lipinski definition) is 1. The number of hydrogen-bond acceptors (Lipinski definition) is 4. The Balaban J connectivity index is 1.96. The highest BCUT2D eigenvalue weighted by Gasteiger charge is 2.29. The largest absolute Gasteiger partial charge is 0.321 e. The molecule has 0 spiro atoms. The van der Waals surface area contributed by atoms with Gasteiger partial charge in [0.25, 0.3) is 0 Å². The first-order valence-corrected chi connectivity index (χ1v) is 7.77. The van der Waals surface area contributed by atoms with E-state index < -0.39 is 5.54 Å². The van der Waals surface area contributed by atoms with E-state index in [1.54, 1.807) is 24.5 Å². The zero-order valence-corrected chi connectivity index (χ0v) is 13.2. The number of nitrogens with zero attached hydrogens (tertiary/aromatic N) is 2. The second-order valence-electron chi connectivity index (χ2n) is 5.83. The summed E-state index contributed by atoms with van der Waals surface area (Å²) in [7, 11) is 0. The molecule has 0 fully saturated rings. The van der Waals surface area contributed by atoms with Crippen LogP contribution in [-0.4, -0.2) is 16.3 Å². The Hall–Kier alpha value is -2.85. The molecule has 3 aromatic rings. The van der Waals surface area contributed by atoms with Gasteiger partial charge in [-0.15, -0.1) is 0 Å². The number of pyridine rings is 2. The van der Waals surface area contributed by atoms with Crippen molar-refractivity contribution in [3.05, 3.63) is 95.6 Å². The quantitative estimate of drug-likeness (QED) is 0.759. The summed E-state index contributed by atoms with van der Waals surface area (Å²) in [4.78, 5) is 19.6. The summed E-state index contributed by atoms with van der Waals surface area (Å²) < 4.78 is 0. The van der Waals surface area contributed by atoms with E-state index in [2.05, 4.69) is 9.97 Å². The Labute approximate surface area is 141 Å². The Morgan fingerprint density at radius 2 is 1.38 bits per heavy atom. The molecule has 4 heteroatoms. The number of aromatic nitrogens is 2. The highest BCUT2D eigenvalue weighted by atomic mass is 16.1. The molecule has 0 bridgehead atoms. The summed E-state index contributed by atoms with van der Waals surface area (Å²) in [6, 6.07) is 18.8. The minimum absolute atomic E-state index is 0.511. The van der Waals surface area contributed by atoms with E-state index in [0.29, 0.717) is 18.4 Å². The molecule has 2 N–H and O–H groups in total. The van der Waals surface area contributed by atoms with Crippen LogP contribution >= 0.6 is 0 Å². The lowest BCUT2D eigenvalue weighted by molar-refractivity contribution is 0.428. The van der Waals surface area contributed by atoms with Gasteiger partial charge in [-0.05, 0) is 29.8 Å². The minimum atomic E-state index is -0.663. The van der Waals surface area contributed by atoms with Crippen LogP contribution in [0.2, 0.25) is 0 Å². The molecule has 119 valence electrons. The number of rotatable bonds is 6. The summed E-state index contributed by atoms with van der Waals surface area (Å²) in [5.41, 5.74) is 9.42. The molecule has 24 heavy (non-hydrogen) atoms. The molecule has 2 aromatic heterocycles. The molecule has 0 aliphatic rings. The predicted octanol–water partition coefficient (Wildman–Crippen LogP) is 2.57. The van der Waals surface area contributed by atoms with Crippen LogP contribution < -0.4 is 5.73 Å². The first kappa shape index (κ1) is 16.0. The van der Waals surface area contributed by atoms with E-state index in [1.165, 1.54) is 0 Å². The van der Waals surface area contributed by atoms with Crippen molar-refractivity contribution in [2.24, 2.45) is 5.73 Å². The molecule has 0 aliphatic carbocycles. The van der Waals surface area contributed by atoms with Gasteiger partial charge < -0.3 is 5.73 Å². The van der Waals surface area contributed by atoms with Crippen LogP contribution in [0.3, 0.4) is 0 Å². The zero-order valence-electron chi connectivity index (χ0n) is 13.2. The van der Waals surface area contributed by atoms with Crippen molar-refractivity contribution >= 4 is 6.29 Å². The zero-order chi connectivity index (χ0) is 16.8. The second-order valence-corrected chi connectivity index (χ2v) is 5.83. The molecule has 1 aromatic carbocycles. The van der Waals surface area contributed by atoms with Crippen molar-refractivity contribution in [3.8, 4) is 0 Å². The van der Waals surface area contributed by atoms with Gasteiger partial charge in [0, 0.05) is 42.2 Å². The molecule has 0 atom stereocenters. The number of nitrogens with two attached hydrogens (primary N) is 1. The first-order chi connectivity index (χ1) is 11.7. The van der Waals surface area contributed by atoms with E-state index in [9.17, 15) is 4.79 Å². The minimum Gasteiger partial charge on any atom is -0.321 e. The third-order valence-electron chi connectivity index (χ3n) is 4.02. The smallest absolute Gasteiger partial charge is 0.233 e. The summed E-state index contributed by atoms with van der Waals surface area (Å²) in [5.74, 6) is 0. The maximum atomic E-state index is 10.8. The molecule has 0 amide bonds. The third-order valence-corrected chi connectivity index (χ3v) is 4.02. The maximum Gasteiger partial charge on any atom is 0.233 e. The first-order valence-electron chi connectivity index (χ1n) is 7.77. The monoisotopic (exact) mass is 316 g/mol. The van der Waals surface area contributed by atoms with Crippen molar-refractivity contribution in [1.29, 1.82) is 0 Å². The fourth-order valence-electron chi connectivity index (χ4n) is 2.79. The van der Waals surface area contributed by atoms with Crippen LogP contribution in [0.15, 0.2) is 73.1 Å². The third kappa shape index (κ3) is 3.73. The second kappa shape index (κ2) is 7.15. The van der Waals surface area contributed by atoms with Crippen LogP contribution in [0.25, 0.3) is 0 Å². The molecule has 0 saturated carbocycles. The molecule has 1 radical (unpaired) electrons. The molecule has 0 saturated heterocycles. The van der Waals surface area contributed by atoms with Crippen molar-refractivity contribution < 1.29 is 4.79 Å². The lowest BCUT2D eigenvalue weighted by atomic mass is 9.82. The van der Waals surface area contributed by atoms with Crippen LogP contribution in [0.5, 0.6) is 0 Å². The van der Waals surface area contributed by atoms with Gasteiger partial charge >= 0.3 is 0 Å². The van der Waals surface area contributed by atoms with Crippen molar-refractivity contribution in [2.45, 2.75) is 18.4 Å². The Morgan fingerprint density at radius 3 is 1.79 bits per heavy atom. The number of benzene rings is 1. The lowest BCUT2D eigenvalue weighted by Gasteiger charge is -2.30. The Kier molecular flexibility index (Phi) is 4.77. The van der Waals surface area contributed by atoms with E-state index in [-0.39, 0.29) is 0 Å². The summed E-state index contributed by atoms with van der Waals surface area (Å²) in [6.45, 7) is 0. The molecule has 0 aliphatic heterocycles. The van der Waals surface area contributed by atoms with Crippen LogP contribution in [0, 0.1) is 0 Å². The maximum absolute atomic E-state index is 10.8. The van der Waals surface area contributed by atoms with E-state index in [4.69, 9.17) is 5.73 Å². The van der Waals surface area contributed by atoms with Crippen molar-refractivity contribution in [1.82, 2.24) is 9.97 Å². The lowest BCUT2D eigenvalue weighted by Crippen LogP contribution is -2.41. The van der Waals surface area contributed by atoms with Gasteiger partial charge in [-0.25, -0.2) is 0 Å². The molecule has 0 unspecified atom stereocenters. The average molecular weight is 316 g/mol. The van der Waals surface area contributed by atoms with Crippen molar-refractivity contribution in [2.75, 3.05) is 0 Å². The van der Waals surface area contributed by atoms with Crippen LogP contribution in [0.4, 0.5) is 0 Å². The van der Waals surface area contributed by atoms with E-state index >= 15 is 0 Å². The highest BCUT2D eigenvalue weighted by molar-refractivity contribution is 5.75. The van der Waals surface area contributed by atoms with Gasteiger partial charge in [0.05, 0.1) is 5.54 Å². The van der Waals surface area contributed by atoms with Gasteiger partial charge in [-0.2, -0.15) is 0 Å². The predicted molar refractivity (Wildman–Crippen MR) is 93.0 cm³/mol. The Bertz CT molecular complexity index is 745. The van der Waals surface area contributed by atoms with Crippen LogP contribution in [0.1, 0.15) is 22.5 Å². The van der Waals surface area contributed by atoms with E-state index in [1.807, 2.05) is 54.8 Å². The standard InChI is InChI=1S/C20H18N3O/c21-20(13-18-5-1-3-11-22-18,14-19-6-2-4-12-23-19)17-9-7-16(15-24)8-10-17/h1-12H,13-14,21H2. The molecular formula is C20H18N3O. The molecule has 4 nitrogen and oxygen atoms in total. The average Bonchev–Trinajstić information content (AvgIpc) is 2.63. The van der Waals surface area contributed by atoms with Gasteiger partial charge in [0.15, 0.2) is 0 Å². The fourth-order valence-corrected chi connectivity index (χ4v) is 2.79. The summed E-state index contributed by atoms with van der Waals surface area (Å²) in [6.07, 6.45) is 6.58. The summed E-state index contributed by atoms with van der Waals surface area (Å²) >= 11 is 0. The van der Waals surface area contributed by atoms with Crippen LogP contribution in [-0.2, 0) is 23.2 Å². The highest BCUT2D eigenvalue weighted by Crippen LogP contribution is 2.26. The Morgan fingerprint density at radius 1 is 0.833 bits per heavy atom. The van der Waals surface area contributed by atoms with Crippen molar-refractivity contribution in [3.63, 3.8) is 0 Å². The number of carbonyl (C=O) groups excluding carboxylic acids is 1. The molecular weight excluding hydrogens is 298 g/mol. The topological polar surface area (TPSA) is 68.9 Å².